The molecule has 1 aliphatic heterocycles. The van der Waals surface area contributed by atoms with Gasteiger partial charge < -0.3 is 4.90 Å². The lowest BCUT2D eigenvalue weighted by Gasteiger charge is -2.14. The van der Waals surface area contributed by atoms with Gasteiger partial charge in [0.1, 0.15) is 0 Å². The monoisotopic (exact) mass is 203 g/mol. The van der Waals surface area contributed by atoms with Gasteiger partial charge >= 0.3 is 0 Å². The molecule has 0 atom stereocenters. The Bertz CT molecular complexity index is 315. The van der Waals surface area contributed by atoms with Gasteiger partial charge in [0, 0.05) is 24.7 Å². The molecule has 1 aromatic carbocycles. The highest BCUT2D eigenvalue weighted by molar-refractivity contribution is 8.02. The van der Waals surface area contributed by atoms with Crippen molar-refractivity contribution in [2.24, 2.45) is 0 Å². The van der Waals surface area contributed by atoms with Crippen LogP contribution in [0.3, 0.4) is 0 Å². The van der Waals surface area contributed by atoms with Gasteiger partial charge in [0.15, 0.2) is 0 Å². The molecule has 0 unspecified atom stereocenters. The van der Waals surface area contributed by atoms with E-state index in [-0.39, 0.29) is 0 Å². The first-order valence-electron chi connectivity index (χ1n) is 4.70. The second kappa shape index (κ2) is 4.91. The molecule has 2 heteroatoms. The molecule has 0 saturated carbocycles. The maximum Gasteiger partial charge on any atom is 0.0470 e. The van der Waals surface area contributed by atoms with Crippen molar-refractivity contribution >= 4 is 11.8 Å². The summed E-state index contributed by atoms with van der Waals surface area (Å²) < 4.78 is 0. The molecule has 0 aromatic heterocycles. The van der Waals surface area contributed by atoms with Crippen molar-refractivity contribution < 1.29 is 0 Å². The van der Waals surface area contributed by atoms with Crippen LogP contribution in [0.15, 0.2) is 54.2 Å². The summed E-state index contributed by atoms with van der Waals surface area (Å²) in [5, 5.41) is 2.14. The van der Waals surface area contributed by atoms with Gasteiger partial charge in [-0.05, 0) is 11.0 Å². The molecule has 0 fully saturated rings. The number of thioether (sulfide) groups is 1. The van der Waals surface area contributed by atoms with Crippen molar-refractivity contribution in [1.82, 2.24) is 4.90 Å². The van der Waals surface area contributed by atoms with Crippen LogP contribution in [0, 0.1) is 0 Å². The fraction of sp³-hybridized carbons (Fsp3) is 0.167. The van der Waals surface area contributed by atoms with E-state index in [2.05, 4.69) is 53.0 Å². The second-order valence-electron chi connectivity index (χ2n) is 3.16. The van der Waals surface area contributed by atoms with E-state index < -0.39 is 0 Å². The van der Waals surface area contributed by atoms with Crippen molar-refractivity contribution in [2.75, 3.05) is 5.75 Å². The van der Waals surface area contributed by atoms with Gasteiger partial charge in [-0.15, -0.1) is 11.8 Å². The van der Waals surface area contributed by atoms with Gasteiger partial charge in [-0.1, -0.05) is 36.4 Å². The van der Waals surface area contributed by atoms with Gasteiger partial charge in [-0.3, -0.25) is 0 Å². The van der Waals surface area contributed by atoms with Crippen LogP contribution in [0.4, 0.5) is 0 Å². The molecule has 14 heavy (non-hydrogen) atoms. The van der Waals surface area contributed by atoms with E-state index in [0.29, 0.717) is 0 Å². The Morgan fingerprint density at radius 3 is 2.86 bits per heavy atom. The zero-order chi connectivity index (χ0) is 9.64. The molecule has 0 bridgehead atoms. The van der Waals surface area contributed by atoms with Crippen LogP contribution in [0.25, 0.3) is 0 Å². The molecule has 0 N–H and O–H groups in total. The number of hydrogen-bond donors (Lipinski definition) is 0. The minimum atomic E-state index is 0.953. The Morgan fingerprint density at radius 1 is 1.14 bits per heavy atom. The van der Waals surface area contributed by atoms with Crippen LogP contribution in [-0.4, -0.2) is 10.7 Å². The smallest absolute Gasteiger partial charge is 0.0470 e. The SMILES string of the molecule is C1=CN(Cc2ccccc2)C=CSC1. The molecule has 0 aliphatic carbocycles. The summed E-state index contributed by atoms with van der Waals surface area (Å²) in [6.07, 6.45) is 6.46. The van der Waals surface area contributed by atoms with E-state index in [0.717, 1.165) is 12.3 Å². The zero-order valence-electron chi connectivity index (χ0n) is 7.97. The van der Waals surface area contributed by atoms with Gasteiger partial charge in [0.2, 0.25) is 0 Å². The summed E-state index contributed by atoms with van der Waals surface area (Å²) in [6.45, 7) is 0.953. The quantitative estimate of drug-likeness (QED) is 0.726. The predicted molar refractivity (Wildman–Crippen MR) is 62.7 cm³/mol. The van der Waals surface area contributed by atoms with Crippen molar-refractivity contribution in [3.63, 3.8) is 0 Å². The molecule has 0 amide bonds. The lowest BCUT2D eigenvalue weighted by Crippen LogP contribution is -2.07. The molecular formula is C12H13NS. The molecule has 2 rings (SSSR count). The van der Waals surface area contributed by atoms with Crippen LogP contribution >= 0.6 is 11.8 Å². The minimum absolute atomic E-state index is 0.953. The fourth-order valence-corrected chi connectivity index (χ4v) is 1.91. The zero-order valence-corrected chi connectivity index (χ0v) is 8.78. The predicted octanol–water partition coefficient (Wildman–Crippen LogP) is 3.22. The number of hydrogen-bond acceptors (Lipinski definition) is 2. The highest BCUT2D eigenvalue weighted by Gasteiger charge is 1.98. The molecule has 1 heterocycles. The summed E-state index contributed by atoms with van der Waals surface area (Å²) in [5.74, 6) is 1.07. The summed E-state index contributed by atoms with van der Waals surface area (Å²) in [5.41, 5.74) is 1.34. The number of benzene rings is 1. The molecule has 0 radical (unpaired) electrons. The topological polar surface area (TPSA) is 3.24 Å². The van der Waals surface area contributed by atoms with Crippen LogP contribution in [-0.2, 0) is 6.54 Å². The second-order valence-corrected chi connectivity index (χ2v) is 4.10. The van der Waals surface area contributed by atoms with Crippen LogP contribution in [0.1, 0.15) is 5.56 Å². The molecule has 1 aliphatic rings. The highest BCUT2D eigenvalue weighted by atomic mass is 32.2. The van der Waals surface area contributed by atoms with Crippen LogP contribution in [0.5, 0.6) is 0 Å². The maximum atomic E-state index is 2.20. The Kier molecular flexibility index (Phi) is 3.30. The van der Waals surface area contributed by atoms with E-state index in [4.69, 9.17) is 0 Å². The molecule has 72 valence electrons. The van der Waals surface area contributed by atoms with E-state index in [1.54, 1.807) is 0 Å². The van der Waals surface area contributed by atoms with E-state index in [9.17, 15) is 0 Å². The van der Waals surface area contributed by atoms with E-state index in [1.165, 1.54) is 5.56 Å². The first-order valence-corrected chi connectivity index (χ1v) is 5.74. The lowest BCUT2D eigenvalue weighted by atomic mass is 10.2. The Morgan fingerprint density at radius 2 is 2.00 bits per heavy atom. The average molecular weight is 203 g/mol. The molecule has 0 saturated heterocycles. The van der Waals surface area contributed by atoms with Crippen molar-refractivity contribution in [3.8, 4) is 0 Å². The third kappa shape index (κ3) is 2.67. The Balaban J connectivity index is 2.03. The van der Waals surface area contributed by atoms with Crippen molar-refractivity contribution in [3.05, 3.63) is 59.8 Å². The molecule has 1 nitrogen and oxygen atoms in total. The van der Waals surface area contributed by atoms with E-state index >= 15 is 0 Å². The third-order valence-corrected chi connectivity index (χ3v) is 2.74. The minimum Gasteiger partial charge on any atom is -0.350 e. The Labute approximate surface area is 89.1 Å². The first kappa shape index (κ1) is 9.41. The molecule has 0 spiro atoms. The molecular weight excluding hydrogens is 190 g/mol. The molecule has 1 aromatic rings. The summed E-state index contributed by atoms with van der Waals surface area (Å²) >= 11 is 1.82. The largest absolute Gasteiger partial charge is 0.350 e. The highest BCUT2D eigenvalue weighted by Crippen LogP contribution is 2.12. The third-order valence-electron chi connectivity index (χ3n) is 2.05. The number of nitrogens with zero attached hydrogens (tertiary/aromatic N) is 1. The van der Waals surface area contributed by atoms with Gasteiger partial charge in [-0.25, -0.2) is 0 Å². The fourth-order valence-electron chi connectivity index (χ4n) is 1.36. The van der Waals surface area contributed by atoms with Gasteiger partial charge in [-0.2, -0.15) is 0 Å². The first-order chi connectivity index (χ1) is 6.95. The summed E-state index contributed by atoms with van der Waals surface area (Å²) in [4.78, 5) is 2.20. The lowest BCUT2D eigenvalue weighted by molar-refractivity contribution is 0.502. The Hall–Kier alpha value is -1.15. The van der Waals surface area contributed by atoms with Crippen LogP contribution in [0.2, 0.25) is 0 Å². The maximum absolute atomic E-state index is 2.20. The van der Waals surface area contributed by atoms with Gasteiger partial charge in [0.25, 0.3) is 0 Å². The number of rotatable bonds is 2. The van der Waals surface area contributed by atoms with Crippen molar-refractivity contribution in [2.45, 2.75) is 6.54 Å². The average Bonchev–Trinajstić information content (AvgIpc) is 2.48. The summed E-state index contributed by atoms with van der Waals surface area (Å²) in [7, 11) is 0. The standard InChI is InChI=1S/C12H13NS/c1-2-5-12(6-3-1)11-13-7-4-9-14-10-8-13/h1-8,10H,9,11H2. The van der Waals surface area contributed by atoms with Crippen LogP contribution < -0.4 is 0 Å². The van der Waals surface area contributed by atoms with Gasteiger partial charge in [0.05, 0.1) is 0 Å². The van der Waals surface area contributed by atoms with Crippen molar-refractivity contribution in [1.29, 1.82) is 0 Å². The van der Waals surface area contributed by atoms with E-state index in [1.807, 2.05) is 17.8 Å². The summed E-state index contributed by atoms with van der Waals surface area (Å²) in [6, 6.07) is 10.5. The normalized spacial score (nSPS) is 15.6.